The molecule has 46 heavy (non-hydrogen) atoms. The van der Waals surface area contributed by atoms with Gasteiger partial charge in [-0.05, 0) is 68.9 Å². The average Bonchev–Trinajstić information content (AvgIpc) is 3.38. The first kappa shape index (κ1) is 37.7. The van der Waals surface area contributed by atoms with E-state index in [-0.39, 0.29) is 17.1 Å². The van der Waals surface area contributed by atoms with Gasteiger partial charge in [-0.25, -0.2) is 18.7 Å². The first-order valence-electron chi connectivity index (χ1n) is 13.4. The molecule has 1 fully saturated rings. The molecule has 1 unspecified atom stereocenters. The summed E-state index contributed by atoms with van der Waals surface area (Å²) in [6.07, 6.45) is -6.12. The molecule has 1 aromatic heterocycles. The normalized spacial score (nSPS) is 15.0. The maximum absolute atomic E-state index is 13.3. The Balaban J connectivity index is 0.000000440. The van der Waals surface area contributed by atoms with E-state index in [9.17, 15) is 35.5 Å². The molecule has 17 heteroatoms. The smallest absolute Gasteiger partial charge is 0.475 e. The highest BCUT2D eigenvalue weighted by Crippen LogP contribution is 2.34. The van der Waals surface area contributed by atoms with Crippen molar-refractivity contribution in [3.05, 3.63) is 76.5 Å². The lowest BCUT2D eigenvalue weighted by Crippen LogP contribution is -2.37. The lowest BCUT2D eigenvalue weighted by atomic mass is 10.00. The molecule has 4 rings (SSSR count). The summed E-state index contributed by atoms with van der Waals surface area (Å²) in [4.78, 5) is 35.5. The fraction of sp³-hybridized carbons (Fsp3) is 0.379. The summed E-state index contributed by atoms with van der Waals surface area (Å²) in [6, 6.07) is 14.2. The number of carbonyl (C=O) groups is 2. The summed E-state index contributed by atoms with van der Waals surface area (Å²) in [5.41, 5.74) is 2.34. The maximum Gasteiger partial charge on any atom is 0.490 e. The van der Waals surface area contributed by atoms with Crippen LogP contribution >= 0.6 is 0 Å². The van der Waals surface area contributed by atoms with Crippen molar-refractivity contribution in [2.75, 3.05) is 27.2 Å². The number of ether oxygens (including phenoxy) is 1. The maximum atomic E-state index is 13.3. The first-order valence-corrected chi connectivity index (χ1v) is 13.4. The third-order valence-electron chi connectivity index (χ3n) is 6.37. The van der Waals surface area contributed by atoms with E-state index in [2.05, 4.69) is 35.1 Å². The van der Waals surface area contributed by atoms with Crippen molar-refractivity contribution in [2.24, 2.45) is 7.05 Å². The number of likely N-dealkylation sites (tertiary alicyclic amines) is 1. The quantitative estimate of drug-likeness (QED) is 0.329. The number of aryl methyl sites for hydroxylation is 1. The molecule has 10 nitrogen and oxygen atoms in total. The molecule has 0 aliphatic carbocycles. The third-order valence-corrected chi connectivity index (χ3v) is 6.37. The van der Waals surface area contributed by atoms with Gasteiger partial charge in [-0.1, -0.05) is 24.3 Å². The van der Waals surface area contributed by atoms with Crippen LogP contribution in [0.15, 0.2) is 59.5 Å². The van der Waals surface area contributed by atoms with Crippen LogP contribution in [0.25, 0.3) is 11.1 Å². The number of carboxylic acids is 2. The Morgan fingerprint density at radius 1 is 0.957 bits per heavy atom. The fourth-order valence-corrected chi connectivity index (χ4v) is 4.30. The van der Waals surface area contributed by atoms with Gasteiger partial charge in [-0.2, -0.15) is 31.4 Å². The van der Waals surface area contributed by atoms with Crippen LogP contribution in [-0.2, 0) is 23.2 Å². The molecule has 2 N–H and O–H groups in total. The monoisotopic (exact) mass is 664 g/mol. The lowest BCUT2D eigenvalue weighted by molar-refractivity contribution is -0.193. The predicted octanol–water partition coefficient (Wildman–Crippen LogP) is 5.17. The second-order valence-corrected chi connectivity index (χ2v) is 10.2. The number of alkyl halides is 6. The SMILES string of the molecule is CN(C)CC1CCCN1Cc1ccccc1-c1cnn(C)c(=O)c1Oc1ccc(F)cc1.O=C(O)C(F)(F)F.O=C(O)C(F)(F)F. The van der Waals surface area contributed by atoms with Crippen LogP contribution in [0.5, 0.6) is 11.5 Å². The minimum Gasteiger partial charge on any atom is -0.475 e. The second kappa shape index (κ2) is 16.2. The number of likely N-dealkylation sites (N-methyl/N-ethyl adjacent to an activating group) is 1. The van der Waals surface area contributed by atoms with Gasteiger partial charge in [0.2, 0.25) is 5.75 Å². The van der Waals surface area contributed by atoms with Crippen LogP contribution in [0.2, 0.25) is 0 Å². The number of benzene rings is 2. The van der Waals surface area contributed by atoms with Crippen LogP contribution in [0, 0.1) is 5.82 Å². The van der Waals surface area contributed by atoms with Crippen LogP contribution < -0.4 is 10.3 Å². The van der Waals surface area contributed by atoms with E-state index in [4.69, 9.17) is 24.5 Å². The van der Waals surface area contributed by atoms with Crippen LogP contribution in [0.1, 0.15) is 18.4 Å². The minimum absolute atomic E-state index is 0.188. The Morgan fingerprint density at radius 3 is 2.02 bits per heavy atom. The highest BCUT2D eigenvalue weighted by molar-refractivity contribution is 5.73. The highest BCUT2D eigenvalue weighted by Gasteiger charge is 2.39. The van der Waals surface area contributed by atoms with Crippen molar-refractivity contribution in [1.82, 2.24) is 19.6 Å². The van der Waals surface area contributed by atoms with Gasteiger partial charge < -0.3 is 19.8 Å². The summed E-state index contributed by atoms with van der Waals surface area (Å²) in [6.45, 7) is 2.87. The van der Waals surface area contributed by atoms with Crippen molar-refractivity contribution in [2.45, 2.75) is 37.8 Å². The van der Waals surface area contributed by atoms with E-state index in [1.807, 2.05) is 18.2 Å². The fourth-order valence-electron chi connectivity index (χ4n) is 4.30. The van der Waals surface area contributed by atoms with Gasteiger partial charge in [0, 0.05) is 26.2 Å². The van der Waals surface area contributed by atoms with Gasteiger partial charge in [0.1, 0.15) is 11.6 Å². The van der Waals surface area contributed by atoms with E-state index in [1.54, 1.807) is 13.2 Å². The molecule has 1 atom stereocenters. The molecule has 2 heterocycles. The molecule has 0 radical (unpaired) electrons. The van der Waals surface area contributed by atoms with Crippen LogP contribution in [-0.4, -0.2) is 87.3 Å². The number of nitrogens with zero attached hydrogens (tertiary/aromatic N) is 4. The second-order valence-electron chi connectivity index (χ2n) is 10.2. The van der Waals surface area contributed by atoms with Gasteiger partial charge in [0.15, 0.2) is 0 Å². The van der Waals surface area contributed by atoms with Gasteiger partial charge in [-0.15, -0.1) is 0 Å². The van der Waals surface area contributed by atoms with Crippen molar-refractivity contribution in [1.29, 1.82) is 0 Å². The molecule has 1 aliphatic heterocycles. The van der Waals surface area contributed by atoms with E-state index in [0.717, 1.165) is 30.8 Å². The van der Waals surface area contributed by atoms with Gasteiger partial charge in [0.25, 0.3) is 0 Å². The standard InChI is InChI=1S/C25H29FN4O2.2C2HF3O2/c1-28(2)17-20-8-6-14-30(20)16-18-7-4-5-9-22(18)23-15-27-29(3)25(31)24(23)32-21-12-10-19(26)11-13-21;2*3-2(4,5)1(6)7/h4-5,7,9-13,15,20H,6,8,14,16-17H2,1-3H3;2*(H,6,7). The largest absolute Gasteiger partial charge is 0.490 e. The Labute approximate surface area is 258 Å². The Kier molecular flexibility index (Phi) is 13.2. The van der Waals surface area contributed by atoms with E-state index < -0.39 is 24.3 Å². The number of halogens is 7. The summed E-state index contributed by atoms with van der Waals surface area (Å²) >= 11 is 0. The Morgan fingerprint density at radius 2 is 1.50 bits per heavy atom. The molecule has 1 aliphatic rings. The highest BCUT2D eigenvalue weighted by atomic mass is 19.4. The third kappa shape index (κ3) is 11.4. The van der Waals surface area contributed by atoms with Crippen molar-refractivity contribution in [3.8, 4) is 22.6 Å². The predicted molar refractivity (Wildman–Crippen MR) is 151 cm³/mol. The summed E-state index contributed by atoms with van der Waals surface area (Å²) in [5.74, 6) is -5.28. The number of aromatic nitrogens is 2. The van der Waals surface area contributed by atoms with Crippen LogP contribution in [0.3, 0.4) is 0 Å². The first-order chi connectivity index (χ1) is 21.3. The number of rotatable bonds is 7. The molecule has 252 valence electrons. The van der Waals surface area contributed by atoms with E-state index >= 15 is 0 Å². The Bertz CT molecular complexity index is 1500. The molecule has 0 amide bonds. The van der Waals surface area contributed by atoms with Gasteiger partial charge in [-0.3, -0.25) is 9.69 Å². The number of aliphatic carboxylic acids is 2. The molecule has 1 saturated heterocycles. The summed E-state index contributed by atoms with van der Waals surface area (Å²) < 4.78 is 84.0. The van der Waals surface area contributed by atoms with Crippen molar-refractivity contribution < 1.29 is 55.3 Å². The van der Waals surface area contributed by atoms with E-state index in [0.29, 0.717) is 17.4 Å². The number of hydrogen-bond acceptors (Lipinski definition) is 7. The zero-order chi connectivity index (χ0) is 34.8. The zero-order valence-electron chi connectivity index (χ0n) is 24.8. The molecule has 2 aromatic carbocycles. The average molecular weight is 665 g/mol. The van der Waals surface area contributed by atoms with Crippen molar-refractivity contribution in [3.63, 3.8) is 0 Å². The summed E-state index contributed by atoms with van der Waals surface area (Å²) in [7, 11) is 5.80. The summed E-state index contributed by atoms with van der Waals surface area (Å²) in [5, 5.41) is 18.5. The number of hydrogen-bond donors (Lipinski definition) is 2. The minimum atomic E-state index is -5.08. The topological polar surface area (TPSA) is 125 Å². The molecular weight excluding hydrogens is 633 g/mol. The number of carboxylic acid groups (broad SMARTS) is 2. The molecule has 3 aromatic rings. The molecule has 0 bridgehead atoms. The zero-order valence-corrected chi connectivity index (χ0v) is 24.8. The van der Waals surface area contributed by atoms with Gasteiger partial charge in [0.05, 0.1) is 11.8 Å². The lowest BCUT2D eigenvalue weighted by Gasteiger charge is -2.28. The van der Waals surface area contributed by atoms with Crippen molar-refractivity contribution >= 4 is 11.9 Å². The molecule has 0 spiro atoms. The molecule has 0 saturated carbocycles. The Hall–Kier alpha value is -4.51. The molecular formula is C29H31F7N4O6. The van der Waals surface area contributed by atoms with Gasteiger partial charge >= 0.3 is 29.9 Å². The van der Waals surface area contributed by atoms with E-state index in [1.165, 1.54) is 41.8 Å². The van der Waals surface area contributed by atoms with Crippen LogP contribution in [0.4, 0.5) is 30.7 Å².